The van der Waals surface area contributed by atoms with Crippen molar-refractivity contribution in [2.45, 2.75) is 33.7 Å². The standard InChI is InChI=1S/C19H19ClN2O/c1-4-13-9-12(3)21-19-18(13)16(11-17(23)22(19)5-2)14-7-6-8-15(20)10-14/h6-11H,4-5H2,1-3H3. The molecule has 2 aromatic heterocycles. The number of nitrogens with zero attached hydrogens (tertiary/aromatic N) is 2. The van der Waals surface area contributed by atoms with Crippen molar-refractivity contribution >= 4 is 22.6 Å². The van der Waals surface area contributed by atoms with Crippen LogP contribution in [0.3, 0.4) is 0 Å². The molecule has 0 aliphatic heterocycles. The maximum atomic E-state index is 12.5. The quantitative estimate of drug-likeness (QED) is 0.704. The minimum Gasteiger partial charge on any atom is -0.293 e. The summed E-state index contributed by atoms with van der Waals surface area (Å²) < 4.78 is 1.73. The summed E-state index contributed by atoms with van der Waals surface area (Å²) in [6.45, 7) is 6.66. The Hall–Kier alpha value is -2.13. The van der Waals surface area contributed by atoms with Gasteiger partial charge in [-0.25, -0.2) is 4.98 Å². The summed E-state index contributed by atoms with van der Waals surface area (Å²) in [4.78, 5) is 17.2. The second kappa shape index (κ2) is 6.17. The summed E-state index contributed by atoms with van der Waals surface area (Å²) in [5.74, 6) is 0. The molecule has 0 saturated carbocycles. The van der Waals surface area contributed by atoms with Crippen molar-refractivity contribution in [2.24, 2.45) is 0 Å². The Labute approximate surface area is 140 Å². The molecular weight excluding hydrogens is 308 g/mol. The molecule has 0 saturated heterocycles. The average molecular weight is 327 g/mol. The molecule has 0 fully saturated rings. The van der Waals surface area contributed by atoms with E-state index in [1.54, 1.807) is 10.6 Å². The van der Waals surface area contributed by atoms with Gasteiger partial charge in [-0.1, -0.05) is 30.7 Å². The molecule has 0 aliphatic rings. The number of aryl methyl sites for hydroxylation is 3. The van der Waals surface area contributed by atoms with Crippen LogP contribution < -0.4 is 5.56 Å². The van der Waals surface area contributed by atoms with E-state index >= 15 is 0 Å². The lowest BCUT2D eigenvalue weighted by Gasteiger charge is -2.15. The second-order valence-corrected chi connectivity index (χ2v) is 6.06. The summed E-state index contributed by atoms with van der Waals surface area (Å²) in [5.41, 5.74) is 4.70. The molecule has 4 heteroatoms. The minimum atomic E-state index is -0.0323. The molecule has 23 heavy (non-hydrogen) atoms. The third-order valence-electron chi connectivity index (χ3n) is 4.10. The predicted molar refractivity (Wildman–Crippen MR) is 96.2 cm³/mol. The normalized spacial score (nSPS) is 11.1. The van der Waals surface area contributed by atoms with Crippen molar-refractivity contribution in [1.29, 1.82) is 0 Å². The third-order valence-corrected chi connectivity index (χ3v) is 4.34. The van der Waals surface area contributed by atoms with Crippen molar-refractivity contribution in [3.05, 3.63) is 63.0 Å². The monoisotopic (exact) mass is 326 g/mol. The fourth-order valence-electron chi connectivity index (χ4n) is 3.06. The van der Waals surface area contributed by atoms with Gasteiger partial charge in [0, 0.05) is 28.7 Å². The molecule has 0 aliphatic carbocycles. The van der Waals surface area contributed by atoms with E-state index < -0.39 is 0 Å². The van der Waals surface area contributed by atoms with Gasteiger partial charge in [-0.2, -0.15) is 0 Å². The van der Waals surface area contributed by atoms with Crippen LogP contribution >= 0.6 is 11.6 Å². The minimum absolute atomic E-state index is 0.0323. The molecule has 0 atom stereocenters. The summed E-state index contributed by atoms with van der Waals surface area (Å²) >= 11 is 6.14. The van der Waals surface area contributed by atoms with Gasteiger partial charge in [0.15, 0.2) is 0 Å². The summed E-state index contributed by atoms with van der Waals surface area (Å²) in [6.07, 6.45) is 0.884. The number of pyridine rings is 2. The Morgan fingerprint density at radius 3 is 2.61 bits per heavy atom. The topological polar surface area (TPSA) is 34.9 Å². The van der Waals surface area contributed by atoms with Crippen LogP contribution in [0.5, 0.6) is 0 Å². The van der Waals surface area contributed by atoms with E-state index in [1.165, 1.54) is 5.56 Å². The Balaban J connectivity index is 2.50. The van der Waals surface area contributed by atoms with Crippen LogP contribution in [0.2, 0.25) is 5.02 Å². The van der Waals surface area contributed by atoms with Crippen molar-refractivity contribution in [3.63, 3.8) is 0 Å². The van der Waals surface area contributed by atoms with Crippen LogP contribution in [0.15, 0.2) is 41.2 Å². The molecule has 0 unspecified atom stereocenters. The number of halogens is 1. The lowest BCUT2D eigenvalue weighted by Crippen LogP contribution is -2.20. The number of aromatic nitrogens is 2. The van der Waals surface area contributed by atoms with Crippen molar-refractivity contribution < 1.29 is 0 Å². The van der Waals surface area contributed by atoms with Crippen LogP contribution in [-0.4, -0.2) is 9.55 Å². The smallest absolute Gasteiger partial charge is 0.252 e. The van der Waals surface area contributed by atoms with E-state index in [0.29, 0.717) is 11.6 Å². The van der Waals surface area contributed by atoms with Gasteiger partial charge in [-0.3, -0.25) is 9.36 Å². The molecule has 1 aromatic carbocycles. The highest BCUT2D eigenvalue weighted by atomic mass is 35.5. The first-order chi connectivity index (χ1) is 11.0. The molecular formula is C19H19ClN2O. The van der Waals surface area contributed by atoms with Gasteiger partial charge in [0.05, 0.1) is 0 Å². The molecule has 0 spiro atoms. The van der Waals surface area contributed by atoms with Gasteiger partial charge in [-0.05, 0) is 55.2 Å². The van der Waals surface area contributed by atoms with Crippen LogP contribution in [0.25, 0.3) is 22.2 Å². The maximum absolute atomic E-state index is 12.5. The van der Waals surface area contributed by atoms with Crippen LogP contribution in [-0.2, 0) is 13.0 Å². The van der Waals surface area contributed by atoms with Crippen LogP contribution in [0.4, 0.5) is 0 Å². The van der Waals surface area contributed by atoms with E-state index in [0.717, 1.165) is 34.3 Å². The first kappa shape index (κ1) is 15.8. The third kappa shape index (κ3) is 2.77. The van der Waals surface area contributed by atoms with Gasteiger partial charge in [0.25, 0.3) is 5.56 Å². The highest BCUT2D eigenvalue weighted by Crippen LogP contribution is 2.31. The van der Waals surface area contributed by atoms with Crippen LogP contribution in [0, 0.1) is 6.92 Å². The zero-order chi connectivity index (χ0) is 16.6. The molecule has 0 N–H and O–H groups in total. The Morgan fingerprint density at radius 1 is 1.17 bits per heavy atom. The molecule has 0 radical (unpaired) electrons. The van der Waals surface area contributed by atoms with E-state index in [4.69, 9.17) is 11.6 Å². The van der Waals surface area contributed by atoms with Crippen LogP contribution in [0.1, 0.15) is 25.1 Å². The van der Waals surface area contributed by atoms with Gasteiger partial charge in [0.2, 0.25) is 0 Å². The number of benzene rings is 1. The number of rotatable bonds is 3. The summed E-state index contributed by atoms with van der Waals surface area (Å²) in [6, 6.07) is 11.4. The first-order valence-corrected chi connectivity index (χ1v) is 8.23. The van der Waals surface area contributed by atoms with E-state index in [2.05, 4.69) is 18.0 Å². The Morgan fingerprint density at radius 2 is 1.96 bits per heavy atom. The fourth-order valence-corrected chi connectivity index (χ4v) is 3.25. The zero-order valence-electron chi connectivity index (χ0n) is 13.6. The fraction of sp³-hybridized carbons (Fsp3) is 0.263. The Bertz CT molecular complexity index is 944. The molecule has 3 nitrogen and oxygen atoms in total. The molecule has 0 amide bonds. The highest BCUT2D eigenvalue weighted by Gasteiger charge is 2.15. The highest BCUT2D eigenvalue weighted by molar-refractivity contribution is 6.30. The van der Waals surface area contributed by atoms with Gasteiger partial charge in [-0.15, -0.1) is 0 Å². The second-order valence-electron chi connectivity index (χ2n) is 5.63. The molecule has 0 bridgehead atoms. The largest absolute Gasteiger partial charge is 0.293 e. The molecule has 2 heterocycles. The molecule has 3 aromatic rings. The van der Waals surface area contributed by atoms with Crippen molar-refractivity contribution in [3.8, 4) is 11.1 Å². The lowest BCUT2D eigenvalue weighted by molar-refractivity contribution is 0.748. The first-order valence-electron chi connectivity index (χ1n) is 7.85. The van der Waals surface area contributed by atoms with Gasteiger partial charge < -0.3 is 0 Å². The summed E-state index contributed by atoms with van der Waals surface area (Å²) in [7, 11) is 0. The average Bonchev–Trinajstić information content (AvgIpc) is 2.53. The zero-order valence-corrected chi connectivity index (χ0v) is 14.3. The number of fused-ring (bicyclic) bond motifs is 1. The maximum Gasteiger partial charge on any atom is 0.252 e. The summed E-state index contributed by atoms with van der Waals surface area (Å²) in [5, 5.41) is 1.70. The van der Waals surface area contributed by atoms with E-state index in [-0.39, 0.29) is 5.56 Å². The number of hydrogen-bond acceptors (Lipinski definition) is 2. The van der Waals surface area contributed by atoms with Gasteiger partial charge >= 0.3 is 0 Å². The van der Waals surface area contributed by atoms with Crippen molar-refractivity contribution in [2.75, 3.05) is 0 Å². The number of hydrogen-bond donors (Lipinski definition) is 0. The Kier molecular flexibility index (Phi) is 4.22. The predicted octanol–water partition coefficient (Wildman–Crippen LogP) is 4.61. The van der Waals surface area contributed by atoms with Crippen molar-refractivity contribution in [1.82, 2.24) is 9.55 Å². The van der Waals surface area contributed by atoms with Gasteiger partial charge in [0.1, 0.15) is 5.65 Å². The molecule has 118 valence electrons. The lowest BCUT2D eigenvalue weighted by atomic mass is 9.97. The van der Waals surface area contributed by atoms with E-state index in [1.807, 2.05) is 38.1 Å². The van der Waals surface area contributed by atoms with E-state index in [9.17, 15) is 4.79 Å². The SMILES string of the molecule is CCc1cc(C)nc2c1c(-c1cccc(Cl)c1)cc(=O)n2CC. The molecule has 3 rings (SSSR count).